The van der Waals surface area contributed by atoms with Gasteiger partial charge in [0.15, 0.2) is 5.43 Å². The van der Waals surface area contributed by atoms with Gasteiger partial charge in [-0.25, -0.2) is 4.98 Å². The van der Waals surface area contributed by atoms with E-state index < -0.39 is 16.9 Å². The van der Waals surface area contributed by atoms with Crippen LogP contribution in [0.1, 0.15) is 27.7 Å². The van der Waals surface area contributed by atoms with Crippen LogP contribution in [0.2, 0.25) is 0 Å². The van der Waals surface area contributed by atoms with Crippen molar-refractivity contribution in [2.24, 2.45) is 0 Å². The third-order valence-corrected chi connectivity index (χ3v) is 5.07. The summed E-state index contributed by atoms with van der Waals surface area (Å²) in [5, 5.41) is 11.6. The maximum atomic E-state index is 13.4. The molecule has 0 radical (unpaired) electrons. The summed E-state index contributed by atoms with van der Waals surface area (Å²) >= 11 is 0. The summed E-state index contributed by atoms with van der Waals surface area (Å²) in [5.74, 6) is -0.294. The number of benzene rings is 2. The smallest absolute Gasteiger partial charge is 0.296 e. The fraction of sp³-hybridized carbons (Fsp3) is 0.0455. The van der Waals surface area contributed by atoms with Crippen molar-refractivity contribution in [1.29, 1.82) is 0 Å². The van der Waals surface area contributed by atoms with Gasteiger partial charge < -0.3 is 4.42 Å². The van der Waals surface area contributed by atoms with Crippen LogP contribution < -0.4 is 10.3 Å². The molecule has 1 aliphatic heterocycles. The minimum absolute atomic E-state index is 0.0825. The van der Waals surface area contributed by atoms with E-state index in [-0.39, 0.29) is 22.4 Å². The maximum absolute atomic E-state index is 13.4. The molecule has 1 amide bonds. The number of carbonyl (C=O) groups excluding carboxylic acids is 1. The number of aromatic nitrogens is 1. The zero-order valence-electron chi connectivity index (χ0n) is 15.4. The van der Waals surface area contributed by atoms with Crippen LogP contribution in [-0.2, 0) is 0 Å². The van der Waals surface area contributed by atoms with Gasteiger partial charge in [-0.3, -0.25) is 24.6 Å². The van der Waals surface area contributed by atoms with E-state index in [0.717, 1.165) is 0 Å². The molecule has 2 aromatic heterocycles. The molecule has 3 heterocycles. The molecule has 4 aromatic rings. The first kappa shape index (κ1) is 17.7. The molecule has 30 heavy (non-hydrogen) atoms. The number of carbonyl (C=O) groups is 1. The third kappa shape index (κ3) is 2.58. The highest BCUT2D eigenvalue weighted by Gasteiger charge is 2.44. The van der Waals surface area contributed by atoms with Gasteiger partial charge >= 0.3 is 0 Å². The van der Waals surface area contributed by atoms with Gasteiger partial charge in [-0.15, -0.1) is 0 Å². The van der Waals surface area contributed by atoms with Crippen molar-refractivity contribution in [3.63, 3.8) is 0 Å². The Morgan fingerprint density at radius 1 is 1.00 bits per heavy atom. The molecular formula is C22H13N3O5. The number of amides is 1. The van der Waals surface area contributed by atoms with Gasteiger partial charge in [-0.1, -0.05) is 30.3 Å². The lowest BCUT2D eigenvalue weighted by molar-refractivity contribution is -0.384. The van der Waals surface area contributed by atoms with Gasteiger partial charge in [-0.2, -0.15) is 0 Å². The van der Waals surface area contributed by atoms with Gasteiger partial charge in [0.1, 0.15) is 11.4 Å². The molecule has 8 nitrogen and oxygen atoms in total. The first-order valence-corrected chi connectivity index (χ1v) is 9.11. The Bertz CT molecular complexity index is 1380. The lowest BCUT2D eigenvalue weighted by atomic mass is 9.98. The van der Waals surface area contributed by atoms with Crippen LogP contribution in [-0.4, -0.2) is 15.8 Å². The Hall–Kier alpha value is -4.33. The quantitative estimate of drug-likeness (QED) is 0.383. The summed E-state index contributed by atoms with van der Waals surface area (Å²) < 4.78 is 5.83. The molecule has 5 rings (SSSR count). The van der Waals surface area contributed by atoms with Crippen LogP contribution in [0.15, 0.2) is 82.1 Å². The van der Waals surface area contributed by atoms with Crippen molar-refractivity contribution < 1.29 is 14.1 Å². The van der Waals surface area contributed by atoms with Crippen molar-refractivity contribution in [1.82, 2.24) is 4.98 Å². The molecule has 0 bridgehead atoms. The molecular weight excluding hydrogens is 386 g/mol. The molecule has 0 aliphatic carbocycles. The highest BCUT2D eigenvalue weighted by Crippen LogP contribution is 2.41. The number of para-hydroxylation sites is 1. The second-order valence-corrected chi connectivity index (χ2v) is 6.79. The molecule has 0 N–H and O–H groups in total. The molecule has 1 atom stereocenters. The van der Waals surface area contributed by atoms with Crippen molar-refractivity contribution >= 4 is 28.4 Å². The number of rotatable bonds is 3. The number of hydrogen-bond donors (Lipinski definition) is 0. The SMILES string of the molecule is O=C1c2oc3ccccc3c(=O)c2[C@@H](c2cccc([N+](=O)[O-])c2)N1c1ccccn1. The number of non-ortho nitro benzene ring substituents is 1. The van der Waals surface area contributed by atoms with Crippen LogP contribution in [0.25, 0.3) is 11.0 Å². The van der Waals surface area contributed by atoms with E-state index >= 15 is 0 Å². The van der Waals surface area contributed by atoms with Crippen molar-refractivity contribution in [3.05, 3.63) is 110 Å². The number of nitrogens with zero attached hydrogens (tertiary/aromatic N) is 3. The van der Waals surface area contributed by atoms with Gasteiger partial charge in [0.2, 0.25) is 5.76 Å². The largest absolute Gasteiger partial charge is 0.450 e. The zero-order chi connectivity index (χ0) is 20.8. The van der Waals surface area contributed by atoms with E-state index in [0.29, 0.717) is 22.4 Å². The Balaban J connectivity index is 1.83. The monoisotopic (exact) mass is 399 g/mol. The highest BCUT2D eigenvalue weighted by atomic mass is 16.6. The maximum Gasteiger partial charge on any atom is 0.296 e. The Morgan fingerprint density at radius 3 is 2.57 bits per heavy atom. The second-order valence-electron chi connectivity index (χ2n) is 6.79. The number of nitro groups is 1. The van der Waals surface area contributed by atoms with Crippen LogP contribution in [0.3, 0.4) is 0 Å². The minimum Gasteiger partial charge on any atom is -0.450 e. The summed E-state index contributed by atoms with van der Waals surface area (Å²) in [4.78, 5) is 43.0. The average Bonchev–Trinajstić information content (AvgIpc) is 3.07. The van der Waals surface area contributed by atoms with E-state index in [2.05, 4.69) is 4.98 Å². The Labute approximate surface area is 169 Å². The standard InChI is InChI=1S/C22H13N3O5/c26-20-15-8-1-2-9-16(15)30-21-18(20)19(13-6-5-7-14(12-13)25(28)29)24(22(21)27)17-10-3-4-11-23-17/h1-12,19H/t19-/m1/s1. The molecule has 8 heteroatoms. The first-order chi connectivity index (χ1) is 14.6. The van der Waals surface area contributed by atoms with E-state index in [1.165, 1.54) is 29.3 Å². The van der Waals surface area contributed by atoms with Crippen molar-refractivity contribution in [3.8, 4) is 0 Å². The number of anilines is 1. The van der Waals surface area contributed by atoms with E-state index in [4.69, 9.17) is 4.42 Å². The Kier molecular flexibility index (Phi) is 3.92. The van der Waals surface area contributed by atoms with Crippen molar-refractivity contribution in [2.75, 3.05) is 4.90 Å². The Morgan fingerprint density at radius 2 is 1.80 bits per heavy atom. The topological polar surface area (TPSA) is 107 Å². The summed E-state index contributed by atoms with van der Waals surface area (Å²) in [5.41, 5.74) is 0.374. The summed E-state index contributed by atoms with van der Waals surface area (Å²) in [6.07, 6.45) is 1.53. The fourth-order valence-corrected chi connectivity index (χ4v) is 3.78. The van der Waals surface area contributed by atoms with Gasteiger partial charge in [-0.05, 0) is 29.8 Å². The first-order valence-electron chi connectivity index (χ1n) is 9.11. The minimum atomic E-state index is -0.900. The molecule has 0 fully saturated rings. The van der Waals surface area contributed by atoms with Crippen LogP contribution in [0.4, 0.5) is 11.5 Å². The number of hydrogen-bond acceptors (Lipinski definition) is 6. The second kappa shape index (κ2) is 6.63. The fourth-order valence-electron chi connectivity index (χ4n) is 3.78. The van der Waals surface area contributed by atoms with E-state index in [1.54, 1.807) is 48.5 Å². The van der Waals surface area contributed by atoms with E-state index in [1.807, 2.05) is 0 Å². The summed E-state index contributed by atoms with van der Waals surface area (Å²) in [7, 11) is 0. The zero-order valence-corrected chi connectivity index (χ0v) is 15.4. The van der Waals surface area contributed by atoms with Crippen LogP contribution in [0.5, 0.6) is 0 Å². The number of nitro benzene ring substituents is 1. The molecule has 0 unspecified atom stereocenters. The summed E-state index contributed by atoms with van der Waals surface area (Å²) in [6.45, 7) is 0. The lowest BCUT2D eigenvalue weighted by Gasteiger charge is -2.23. The molecule has 0 spiro atoms. The van der Waals surface area contributed by atoms with Gasteiger partial charge in [0, 0.05) is 18.3 Å². The molecule has 0 saturated heterocycles. The molecule has 2 aromatic carbocycles. The van der Waals surface area contributed by atoms with Crippen molar-refractivity contribution in [2.45, 2.75) is 6.04 Å². The van der Waals surface area contributed by atoms with E-state index in [9.17, 15) is 19.7 Å². The number of pyridine rings is 1. The van der Waals surface area contributed by atoms with Crippen LogP contribution in [0, 0.1) is 10.1 Å². The average molecular weight is 399 g/mol. The molecule has 146 valence electrons. The predicted octanol–water partition coefficient (Wildman–Crippen LogP) is 3.85. The van der Waals surface area contributed by atoms with Gasteiger partial charge in [0.05, 0.1) is 21.9 Å². The summed E-state index contributed by atoms with van der Waals surface area (Å²) in [6, 6.07) is 16.7. The van der Waals surface area contributed by atoms with Crippen LogP contribution >= 0.6 is 0 Å². The number of fused-ring (bicyclic) bond motifs is 2. The highest BCUT2D eigenvalue weighted by molar-refractivity contribution is 6.10. The molecule has 1 aliphatic rings. The third-order valence-electron chi connectivity index (χ3n) is 5.07. The van der Waals surface area contributed by atoms with Gasteiger partial charge in [0.25, 0.3) is 11.6 Å². The normalized spacial score (nSPS) is 15.4. The lowest BCUT2D eigenvalue weighted by Crippen LogP contribution is -2.30. The molecule has 0 saturated carbocycles. The predicted molar refractivity (Wildman–Crippen MR) is 108 cm³/mol.